The van der Waals surface area contributed by atoms with Crippen LogP contribution < -0.4 is 5.32 Å². The molecule has 1 aliphatic heterocycles. The summed E-state index contributed by atoms with van der Waals surface area (Å²) in [5, 5.41) is 3.45. The fraction of sp³-hybridized carbons (Fsp3) is 0.579. The van der Waals surface area contributed by atoms with Gasteiger partial charge < -0.3 is 19.4 Å². The standard InChI is InChI=1S/C19H29N5O/c1-20-19(23(2)12-7-16-8-13-25-14-9-16)21-10-6-17-15-24-11-4-3-5-18(24)22-17/h3-5,11,15-16H,6-10,12-14H2,1-2H3,(H,20,21). The number of rotatable bonds is 6. The van der Waals surface area contributed by atoms with Crippen LogP contribution in [0, 0.1) is 5.92 Å². The topological polar surface area (TPSA) is 54.2 Å². The van der Waals surface area contributed by atoms with Crippen LogP contribution in [-0.2, 0) is 11.2 Å². The Balaban J connectivity index is 1.43. The first-order valence-electron chi connectivity index (χ1n) is 9.18. The monoisotopic (exact) mass is 343 g/mol. The summed E-state index contributed by atoms with van der Waals surface area (Å²) in [4.78, 5) is 11.3. The normalized spacial score (nSPS) is 16.3. The maximum absolute atomic E-state index is 5.43. The molecule has 0 spiro atoms. The van der Waals surface area contributed by atoms with Crippen molar-refractivity contribution in [3.05, 3.63) is 36.3 Å². The van der Waals surface area contributed by atoms with Gasteiger partial charge in [0.05, 0.1) is 5.69 Å². The van der Waals surface area contributed by atoms with Crippen LogP contribution in [0.5, 0.6) is 0 Å². The van der Waals surface area contributed by atoms with Crippen LogP contribution in [-0.4, -0.2) is 60.6 Å². The van der Waals surface area contributed by atoms with Crippen molar-refractivity contribution in [1.82, 2.24) is 19.6 Å². The van der Waals surface area contributed by atoms with E-state index in [9.17, 15) is 0 Å². The van der Waals surface area contributed by atoms with E-state index in [4.69, 9.17) is 4.74 Å². The fourth-order valence-electron chi connectivity index (χ4n) is 3.31. The van der Waals surface area contributed by atoms with Crippen molar-refractivity contribution >= 4 is 11.6 Å². The molecule has 1 fully saturated rings. The minimum Gasteiger partial charge on any atom is -0.381 e. The Labute approximate surface area is 149 Å². The fourth-order valence-corrected chi connectivity index (χ4v) is 3.31. The Kier molecular flexibility index (Phi) is 6.28. The van der Waals surface area contributed by atoms with Crippen LogP contribution in [0.4, 0.5) is 0 Å². The molecular weight excluding hydrogens is 314 g/mol. The second-order valence-electron chi connectivity index (χ2n) is 6.69. The molecule has 0 unspecified atom stereocenters. The number of aliphatic imine (C=N–C) groups is 1. The number of aromatic nitrogens is 2. The van der Waals surface area contributed by atoms with Crippen molar-refractivity contribution in [2.45, 2.75) is 25.7 Å². The molecular formula is C19H29N5O. The number of guanidine groups is 1. The molecule has 1 N–H and O–H groups in total. The molecule has 6 nitrogen and oxygen atoms in total. The SMILES string of the molecule is CN=C(NCCc1cn2ccccc2n1)N(C)CCC1CCOCC1. The molecule has 0 atom stereocenters. The van der Waals surface area contributed by atoms with Gasteiger partial charge in [0.15, 0.2) is 5.96 Å². The lowest BCUT2D eigenvalue weighted by Gasteiger charge is -2.26. The second kappa shape index (κ2) is 8.85. The predicted molar refractivity (Wildman–Crippen MR) is 101 cm³/mol. The van der Waals surface area contributed by atoms with Crippen LogP contribution in [0.1, 0.15) is 25.0 Å². The van der Waals surface area contributed by atoms with E-state index in [1.54, 1.807) is 0 Å². The van der Waals surface area contributed by atoms with Gasteiger partial charge in [-0.15, -0.1) is 0 Å². The van der Waals surface area contributed by atoms with Gasteiger partial charge in [0.25, 0.3) is 0 Å². The van der Waals surface area contributed by atoms with Crippen molar-refractivity contribution in [2.75, 3.05) is 40.4 Å². The molecule has 3 heterocycles. The van der Waals surface area contributed by atoms with Crippen LogP contribution >= 0.6 is 0 Å². The van der Waals surface area contributed by atoms with Crippen molar-refractivity contribution in [2.24, 2.45) is 10.9 Å². The highest BCUT2D eigenvalue weighted by Gasteiger charge is 2.15. The number of hydrogen-bond acceptors (Lipinski definition) is 3. The molecule has 0 amide bonds. The van der Waals surface area contributed by atoms with E-state index in [0.717, 1.165) is 55.9 Å². The van der Waals surface area contributed by atoms with Crippen LogP contribution in [0.2, 0.25) is 0 Å². The Hall–Kier alpha value is -2.08. The van der Waals surface area contributed by atoms with E-state index in [1.807, 2.05) is 31.4 Å². The Bertz CT molecular complexity index is 657. The molecule has 6 heteroatoms. The van der Waals surface area contributed by atoms with E-state index in [0.29, 0.717) is 0 Å². The van der Waals surface area contributed by atoms with Crippen molar-refractivity contribution < 1.29 is 4.74 Å². The molecule has 25 heavy (non-hydrogen) atoms. The number of imidazole rings is 1. The molecule has 2 aromatic heterocycles. The zero-order chi connectivity index (χ0) is 17.5. The first kappa shape index (κ1) is 17.7. The van der Waals surface area contributed by atoms with Gasteiger partial charge >= 0.3 is 0 Å². The molecule has 0 bridgehead atoms. The number of nitrogens with one attached hydrogen (secondary N) is 1. The Morgan fingerprint density at radius 3 is 3.00 bits per heavy atom. The summed E-state index contributed by atoms with van der Waals surface area (Å²) in [5.74, 6) is 1.74. The molecule has 0 aromatic carbocycles. The van der Waals surface area contributed by atoms with Crippen molar-refractivity contribution in [3.8, 4) is 0 Å². The van der Waals surface area contributed by atoms with E-state index in [2.05, 4.69) is 37.8 Å². The largest absolute Gasteiger partial charge is 0.381 e. The average molecular weight is 343 g/mol. The summed E-state index contributed by atoms with van der Waals surface area (Å²) < 4.78 is 7.49. The van der Waals surface area contributed by atoms with Gasteiger partial charge in [-0.2, -0.15) is 0 Å². The zero-order valence-corrected chi connectivity index (χ0v) is 15.3. The summed E-state index contributed by atoms with van der Waals surface area (Å²) in [5.41, 5.74) is 2.09. The van der Waals surface area contributed by atoms with Gasteiger partial charge in [-0.05, 0) is 37.3 Å². The third kappa shape index (κ3) is 4.95. The van der Waals surface area contributed by atoms with Gasteiger partial charge in [0, 0.05) is 59.2 Å². The van der Waals surface area contributed by atoms with Crippen LogP contribution in [0.3, 0.4) is 0 Å². The minimum atomic E-state index is 0.785. The Morgan fingerprint density at radius 2 is 2.24 bits per heavy atom. The summed E-state index contributed by atoms with van der Waals surface area (Å²) >= 11 is 0. The predicted octanol–water partition coefficient (Wildman–Crippen LogP) is 2.20. The molecule has 0 radical (unpaired) electrons. The number of nitrogens with zero attached hydrogens (tertiary/aromatic N) is 4. The molecule has 2 aromatic rings. The zero-order valence-electron chi connectivity index (χ0n) is 15.3. The lowest BCUT2D eigenvalue weighted by Crippen LogP contribution is -2.40. The van der Waals surface area contributed by atoms with E-state index >= 15 is 0 Å². The number of pyridine rings is 1. The van der Waals surface area contributed by atoms with Gasteiger partial charge in [-0.25, -0.2) is 4.98 Å². The lowest BCUT2D eigenvalue weighted by molar-refractivity contribution is 0.0625. The van der Waals surface area contributed by atoms with Gasteiger partial charge in [-0.1, -0.05) is 6.07 Å². The quantitative estimate of drug-likeness (QED) is 0.645. The highest BCUT2D eigenvalue weighted by Crippen LogP contribution is 2.18. The first-order valence-corrected chi connectivity index (χ1v) is 9.18. The van der Waals surface area contributed by atoms with Crippen molar-refractivity contribution in [1.29, 1.82) is 0 Å². The highest BCUT2D eigenvalue weighted by atomic mass is 16.5. The van der Waals surface area contributed by atoms with Gasteiger partial charge in [0.2, 0.25) is 0 Å². The molecule has 136 valence electrons. The molecule has 3 rings (SSSR count). The van der Waals surface area contributed by atoms with Gasteiger partial charge in [0.1, 0.15) is 5.65 Å². The minimum absolute atomic E-state index is 0.785. The summed E-state index contributed by atoms with van der Waals surface area (Å²) in [6.45, 7) is 3.69. The molecule has 1 saturated heterocycles. The van der Waals surface area contributed by atoms with E-state index < -0.39 is 0 Å². The van der Waals surface area contributed by atoms with Crippen LogP contribution in [0.15, 0.2) is 35.6 Å². The second-order valence-corrected chi connectivity index (χ2v) is 6.69. The average Bonchev–Trinajstić information content (AvgIpc) is 3.07. The summed E-state index contributed by atoms with van der Waals surface area (Å²) in [6, 6.07) is 6.06. The lowest BCUT2D eigenvalue weighted by atomic mass is 9.96. The third-order valence-electron chi connectivity index (χ3n) is 4.87. The number of hydrogen-bond donors (Lipinski definition) is 1. The summed E-state index contributed by atoms with van der Waals surface area (Å²) in [7, 11) is 3.96. The molecule has 0 saturated carbocycles. The first-order chi connectivity index (χ1) is 12.3. The number of ether oxygens (including phenoxy) is 1. The summed E-state index contributed by atoms with van der Waals surface area (Å²) in [6.07, 6.45) is 8.58. The number of fused-ring (bicyclic) bond motifs is 1. The maximum Gasteiger partial charge on any atom is 0.193 e. The highest BCUT2D eigenvalue weighted by molar-refractivity contribution is 5.79. The third-order valence-corrected chi connectivity index (χ3v) is 4.87. The Morgan fingerprint density at radius 1 is 1.40 bits per heavy atom. The van der Waals surface area contributed by atoms with Crippen molar-refractivity contribution in [3.63, 3.8) is 0 Å². The molecule has 1 aliphatic rings. The maximum atomic E-state index is 5.43. The van der Waals surface area contributed by atoms with E-state index in [-0.39, 0.29) is 0 Å². The smallest absolute Gasteiger partial charge is 0.193 e. The van der Waals surface area contributed by atoms with Gasteiger partial charge in [-0.3, -0.25) is 4.99 Å². The van der Waals surface area contributed by atoms with E-state index in [1.165, 1.54) is 19.3 Å². The molecule has 0 aliphatic carbocycles. The van der Waals surface area contributed by atoms with Crippen LogP contribution in [0.25, 0.3) is 5.65 Å².